The van der Waals surface area contributed by atoms with E-state index in [1.54, 1.807) is 24.1 Å². The summed E-state index contributed by atoms with van der Waals surface area (Å²) in [5.74, 6) is -0.267. The van der Waals surface area contributed by atoms with Crippen molar-refractivity contribution in [3.05, 3.63) is 41.8 Å². The highest BCUT2D eigenvalue weighted by Crippen LogP contribution is 2.21. The SMILES string of the molecule is CCOC(=O)c1ccc(S(=O)(=O)N2CCN(C(=O)c3ccc(N(CC)CC)nc3)CC2)o1. The summed E-state index contributed by atoms with van der Waals surface area (Å²) in [5.41, 5.74) is 0.460. The molecular formula is C21H28N4O6S. The number of nitrogens with zero attached hydrogens (tertiary/aromatic N) is 4. The first-order valence-electron chi connectivity index (χ1n) is 10.6. The minimum absolute atomic E-state index is 0.120. The third-order valence-electron chi connectivity index (χ3n) is 5.26. The van der Waals surface area contributed by atoms with Gasteiger partial charge in [0, 0.05) is 45.5 Å². The van der Waals surface area contributed by atoms with E-state index in [2.05, 4.69) is 9.88 Å². The highest BCUT2D eigenvalue weighted by molar-refractivity contribution is 7.89. The molecule has 0 aliphatic carbocycles. The second-order valence-electron chi connectivity index (χ2n) is 7.11. The van der Waals surface area contributed by atoms with Crippen LogP contribution in [0.3, 0.4) is 0 Å². The Kier molecular flexibility index (Phi) is 7.52. The van der Waals surface area contributed by atoms with E-state index in [1.165, 1.54) is 16.4 Å². The van der Waals surface area contributed by atoms with Crippen LogP contribution in [0.25, 0.3) is 0 Å². The Balaban J connectivity index is 1.63. The van der Waals surface area contributed by atoms with E-state index in [1.807, 2.05) is 19.9 Å². The minimum Gasteiger partial charge on any atom is -0.460 e. The van der Waals surface area contributed by atoms with E-state index in [4.69, 9.17) is 9.15 Å². The summed E-state index contributed by atoms with van der Waals surface area (Å²) in [6, 6.07) is 6.08. The lowest BCUT2D eigenvalue weighted by atomic mass is 10.2. The van der Waals surface area contributed by atoms with Gasteiger partial charge in [-0.25, -0.2) is 18.2 Å². The zero-order valence-electron chi connectivity index (χ0n) is 18.5. The summed E-state index contributed by atoms with van der Waals surface area (Å²) in [7, 11) is -3.92. The Morgan fingerprint density at radius 2 is 1.75 bits per heavy atom. The number of rotatable bonds is 8. The average Bonchev–Trinajstić information content (AvgIpc) is 3.32. The summed E-state index contributed by atoms with van der Waals surface area (Å²) in [6.07, 6.45) is 1.55. The number of ether oxygens (including phenoxy) is 1. The molecule has 0 N–H and O–H groups in total. The molecule has 1 aliphatic heterocycles. The lowest BCUT2D eigenvalue weighted by molar-refractivity contribution is 0.0483. The maximum atomic E-state index is 12.8. The van der Waals surface area contributed by atoms with E-state index in [9.17, 15) is 18.0 Å². The third kappa shape index (κ3) is 4.94. The molecule has 11 heteroatoms. The second kappa shape index (κ2) is 10.1. The number of furan rings is 1. The number of hydrogen-bond donors (Lipinski definition) is 0. The Morgan fingerprint density at radius 3 is 2.31 bits per heavy atom. The van der Waals surface area contributed by atoms with Crippen LogP contribution in [-0.4, -0.2) is 80.4 Å². The Hall–Kier alpha value is -2.92. The molecule has 0 radical (unpaired) electrons. The number of aromatic nitrogens is 1. The summed E-state index contributed by atoms with van der Waals surface area (Å²) >= 11 is 0. The van der Waals surface area contributed by atoms with Crippen molar-refractivity contribution >= 4 is 27.7 Å². The minimum atomic E-state index is -3.92. The highest BCUT2D eigenvalue weighted by atomic mass is 32.2. The molecule has 10 nitrogen and oxygen atoms in total. The molecule has 2 aromatic heterocycles. The predicted molar refractivity (Wildman–Crippen MR) is 117 cm³/mol. The molecule has 0 unspecified atom stereocenters. The first kappa shape index (κ1) is 23.7. The van der Waals surface area contributed by atoms with Gasteiger partial charge in [-0.3, -0.25) is 4.79 Å². The van der Waals surface area contributed by atoms with Crippen molar-refractivity contribution in [3.63, 3.8) is 0 Å². The quantitative estimate of drug-likeness (QED) is 0.544. The molecule has 1 aliphatic rings. The molecule has 3 rings (SSSR count). The molecule has 0 bridgehead atoms. The number of hydrogen-bond acceptors (Lipinski definition) is 8. The zero-order valence-corrected chi connectivity index (χ0v) is 19.3. The van der Waals surface area contributed by atoms with Gasteiger partial charge in [0.15, 0.2) is 0 Å². The number of pyridine rings is 1. The van der Waals surface area contributed by atoms with Crippen molar-refractivity contribution < 1.29 is 27.2 Å². The number of piperazine rings is 1. The summed E-state index contributed by atoms with van der Waals surface area (Å²) in [4.78, 5) is 32.6. The van der Waals surface area contributed by atoms with E-state index < -0.39 is 16.0 Å². The summed E-state index contributed by atoms with van der Waals surface area (Å²) in [6.45, 7) is 8.25. The van der Waals surface area contributed by atoms with Crippen LogP contribution in [-0.2, 0) is 14.8 Å². The number of sulfonamides is 1. The smallest absolute Gasteiger partial charge is 0.374 e. The number of amides is 1. The van der Waals surface area contributed by atoms with Gasteiger partial charge in [-0.1, -0.05) is 0 Å². The van der Waals surface area contributed by atoms with Crippen molar-refractivity contribution in [2.45, 2.75) is 25.9 Å². The number of anilines is 1. The molecule has 1 fully saturated rings. The van der Waals surface area contributed by atoms with Gasteiger partial charge in [0.05, 0.1) is 12.2 Å². The molecular weight excluding hydrogens is 436 g/mol. The third-order valence-corrected chi connectivity index (χ3v) is 7.03. The van der Waals surface area contributed by atoms with E-state index in [0.29, 0.717) is 5.56 Å². The average molecular weight is 465 g/mol. The van der Waals surface area contributed by atoms with Crippen LogP contribution in [0, 0.1) is 0 Å². The van der Waals surface area contributed by atoms with Crippen LogP contribution < -0.4 is 4.90 Å². The van der Waals surface area contributed by atoms with Crippen LogP contribution in [0.5, 0.6) is 0 Å². The van der Waals surface area contributed by atoms with Crippen LogP contribution >= 0.6 is 0 Å². The molecule has 0 atom stereocenters. The fourth-order valence-electron chi connectivity index (χ4n) is 3.46. The van der Waals surface area contributed by atoms with Gasteiger partial charge >= 0.3 is 5.97 Å². The Morgan fingerprint density at radius 1 is 1.06 bits per heavy atom. The van der Waals surface area contributed by atoms with Gasteiger partial charge in [0.2, 0.25) is 10.9 Å². The lowest BCUT2D eigenvalue weighted by Crippen LogP contribution is -2.50. The number of carbonyl (C=O) groups excluding carboxylic acids is 2. The monoisotopic (exact) mass is 464 g/mol. The largest absolute Gasteiger partial charge is 0.460 e. The summed E-state index contributed by atoms with van der Waals surface area (Å²) < 4.78 is 37.0. The Labute approximate surface area is 187 Å². The molecule has 1 amide bonds. The van der Waals surface area contributed by atoms with Gasteiger partial charge in [0.25, 0.3) is 15.9 Å². The van der Waals surface area contributed by atoms with Gasteiger partial charge in [-0.2, -0.15) is 4.31 Å². The van der Waals surface area contributed by atoms with Crippen molar-refractivity contribution in [2.24, 2.45) is 0 Å². The van der Waals surface area contributed by atoms with Gasteiger partial charge in [-0.15, -0.1) is 0 Å². The molecule has 3 heterocycles. The maximum absolute atomic E-state index is 12.8. The van der Waals surface area contributed by atoms with Gasteiger partial charge < -0.3 is 19.0 Å². The predicted octanol–water partition coefficient (Wildman–Crippen LogP) is 1.84. The lowest BCUT2D eigenvalue weighted by Gasteiger charge is -2.33. The maximum Gasteiger partial charge on any atom is 0.374 e. The van der Waals surface area contributed by atoms with Gasteiger partial charge in [0.1, 0.15) is 5.82 Å². The van der Waals surface area contributed by atoms with Crippen molar-refractivity contribution in [1.82, 2.24) is 14.2 Å². The molecule has 0 saturated carbocycles. The molecule has 0 spiro atoms. The van der Waals surface area contributed by atoms with Crippen LogP contribution in [0.4, 0.5) is 5.82 Å². The van der Waals surface area contributed by atoms with Crippen LogP contribution in [0.15, 0.2) is 40.0 Å². The zero-order chi connectivity index (χ0) is 23.3. The number of esters is 1. The van der Waals surface area contributed by atoms with Crippen LogP contribution in [0.1, 0.15) is 41.7 Å². The van der Waals surface area contributed by atoms with Crippen LogP contribution in [0.2, 0.25) is 0 Å². The second-order valence-corrected chi connectivity index (χ2v) is 8.98. The van der Waals surface area contributed by atoms with Crippen molar-refractivity contribution in [2.75, 3.05) is 50.8 Å². The summed E-state index contributed by atoms with van der Waals surface area (Å²) in [5, 5.41) is -0.323. The topological polar surface area (TPSA) is 113 Å². The molecule has 1 saturated heterocycles. The van der Waals surface area contributed by atoms with Crippen molar-refractivity contribution in [3.8, 4) is 0 Å². The molecule has 2 aromatic rings. The van der Waals surface area contributed by atoms with Crippen molar-refractivity contribution in [1.29, 1.82) is 0 Å². The Bertz CT molecular complexity index is 1040. The molecule has 0 aromatic carbocycles. The fourth-order valence-corrected chi connectivity index (χ4v) is 4.79. The van der Waals surface area contributed by atoms with E-state index in [0.717, 1.165) is 18.9 Å². The first-order valence-corrected chi connectivity index (χ1v) is 12.0. The number of carbonyl (C=O) groups is 2. The first-order chi connectivity index (χ1) is 15.3. The molecule has 32 heavy (non-hydrogen) atoms. The molecule has 174 valence electrons. The van der Waals surface area contributed by atoms with E-state index in [-0.39, 0.29) is 49.5 Å². The normalized spacial score (nSPS) is 14.9. The van der Waals surface area contributed by atoms with E-state index >= 15 is 0 Å². The fraction of sp³-hybridized carbons (Fsp3) is 0.476. The van der Waals surface area contributed by atoms with Gasteiger partial charge in [-0.05, 0) is 45.0 Å². The standard InChI is InChI=1S/C21H28N4O6S/c1-4-23(5-2)18-9-7-16(15-22-18)20(26)24-11-13-25(14-12-24)32(28,29)19-10-8-17(31-19)21(27)30-6-3/h7-10,15H,4-6,11-14H2,1-3H3. The highest BCUT2D eigenvalue weighted by Gasteiger charge is 2.33.